The third-order valence-electron chi connectivity index (χ3n) is 4.07. The molecule has 2 amide bonds. The lowest BCUT2D eigenvalue weighted by Gasteiger charge is -2.23. The molecule has 0 saturated heterocycles. The van der Waals surface area contributed by atoms with Crippen LogP contribution in [0.15, 0.2) is 60.0 Å². The fourth-order valence-electron chi connectivity index (χ4n) is 2.76. The Bertz CT molecular complexity index is 995. The third kappa shape index (κ3) is 3.16. The van der Waals surface area contributed by atoms with Crippen LogP contribution in [-0.2, 0) is 16.1 Å². The number of hydrazone groups is 1. The number of rotatable bonds is 4. The van der Waals surface area contributed by atoms with Crippen LogP contribution in [0.1, 0.15) is 18.4 Å². The number of amides is 2. The zero-order valence-electron chi connectivity index (χ0n) is 13.9. The highest BCUT2D eigenvalue weighted by Crippen LogP contribution is 2.15. The second-order valence-electron chi connectivity index (χ2n) is 5.87. The summed E-state index contributed by atoms with van der Waals surface area (Å²) >= 11 is 0. The number of benzene rings is 1. The van der Waals surface area contributed by atoms with Crippen LogP contribution < -0.4 is 5.32 Å². The molecule has 1 aliphatic heterocycles. The van der Waals surface area contributed by atoms with Crippen molar-refractivity contribution in [2.45, 2.75) is 19.4 Å². The van der Waals surface area contributed by atoms with Crippen LogP contribution in [0, 0.1) is 0 Å². The molecule has 3 heterocycles. The van der Waals surface area contributed by atoms with Gasteiger partial charge in [0, 0.05) is 25.1 Å². The Labute approximate surface area is 149 Å². The average Bonchev–Trinajstić information content (AvgIpc) is 3.14. The topological polar surface area (TPSA) is 92.0 Å². The van der Waals surface area contributed by atoms with Crippen molar-refractivity contribution in [2.24, 2.45) is 5.10 Å². The molecule has 0 spiro atoms. The molecule has 8 heteroatoms. The molecule has 2 aromatic heterocycles. The molecule has 0 unspecified atom stereocenters. The molecule has 0 radical (unpaired) electrons. The van der Waals surface area contributed by atoms with E-state index < -0.39 is 0 Å². The molecule has 1 aliphatic rings. The highest BCUT2D eigenvalue weighted by molar-refractivity contribution is 6.43. The quantitative estimate of drug-likeness (QED) is 0.779. The van der Waals surface area contributed by atoms with Crippen LogP contribution in [0.3, 0.4) is 0 Å². The van der Waals surface area contributed by atoms with Gasteiger partial charge in [-0.05, 0) is 11.6 Å². The monoisotopic (exact) mass is 348 g/mol. The maximum absolute atomic E-state index is 12.6. The molecule has 0 aliphatic carbocycles. The molecule has 8 nitrogen and oxygen atoms in total. The minimum absolute atomic E-state index is 0.0937. The van der Waals surface area contributed by atoms with E-state index >= 15 is 0 Å². The van der Waals surface area contributed by atoms with Crippen molar-refractivity contribution in [1.29, 1.82) is 0 Å². The molecular weight excluding hydrogens is 332 g/mol. The zero-order valence-corrected chi connectivity index (χ0v) is 13.9. The Hall–Kier alpha value is -3.55. The standard InChI is InChI=1S/C18H16N6O2/c25-17-7-6-14(22-23(17)12-13-4-2-1-3-5-13)18(26)21-16-8-10-19-15-9-11-20-24(15)16/h1-5,8-11H,6-7,12H2,(H,21,26). The number of fused-ring (bicyclic) bond motifs is 1. The summed E-state index contributed by atoms with van der Waals surface area (Å²) in [6, 6.07) is 13.0. The van der Waals surface area contributed by atoms with Gasteiger partial charge in [-0.2, -0.15) is 14.7 Å². The van der Waals surface area contributed by atoms with Gasteiger partial charge in [0.25, 0.3) is 5.91 Å². The van der Waals surface area contributed by atoms with Crippen molar-refractivity contribution >= 4 is 29.0 Å². The fraction of sp³-hybridized carbons (Fsp3) is 0.167. The molecule has 0 bridgehead atoms. The van der Waals surface area contributed by atoms with Gasteiger partial charge in [-0.3, -0.25) is 9.59 Å². The number of aromatic nitrogens is 3. The number of nitrogens with zero attached hydrogens (tertiary/aromatic N) is 5. The van der Waals surface area contributed by atoms with Crippen molar-refractivity contribution < 1.29 is 9.59 Å². The van der Waals surface area contributed by atoms with Gasteiger partial charge < -0.3 is 5.32 Å². The van der Waals surface area contributed by atoms with Crippen molar-refractivity contribution in [3.63, 3.8) is 0 Å². The van der Waals surface area contributed by atoms with E-state index in [0.29, 0.717) is 30.1 Å². The smallest absolute Gasteiger partial charge is 0.273 e. The maximum atomic E-state index is 12.6. The van der Waals surface area contributed by atoms with E-state index in [1.807, 2.05) is 30.3 Å². The van der Waals surface area contributed by atoms with Crippen LogP contribution in [-0.4, -0.2) is 37.1 Å². The Morgan fingerprint density at radius 2 is 1.92 bits per heavy atom. The SMILES string of the molecule is O=C(Nc1ccnc2ccnn12)C1=NN(Cc2ccccc2)C(=O)CC1. The molecule has 1 aromatic carbocycles. The maximum Gasteiger partial charge on any atom is 0.273 e. The number of hydrogen-bond acceptors (Lipinski definition) is 5. The first-order valence-electron chi connectivity index (χ1n) is 8.22. The molecule has 130 valence electrons. The van der Waals surface area contributed by atoms with Crippen LogP contribution in [0.5, 0.6) is 0 Å². The van der Waals surface area contributed by atoms with Gasteiger partial charge in [-0.15, -0.1) is 0 Å². The highest BCUT2D eigenvalue weighted by Gasteiger charge is 2.25. The van der Waals surface area contributed by atoms with E-state index in [1.165, 1.54) is 9.52 Å². The molecule has 26 heavy (non-hydrogen) atoms. The summed E-state index contributed by atoms with van der Waals surface area (Å²) in [6.07, 6.45) is 3.77. The van der Waals surface area contributed by atoms with E-state index in [2.05, 4.69) is 20.5 Å². The summed E-state index contributed by atoms with van der Waals surface area (Å²) in [5.41, 5.74) is 1.91. The second kappa shape index (κ2) is 6.75. The summed E-state index contributed by atoms with van der Waals surface area (Å²) in [6.45, 7) is 0.342. The van der Waals surface area contributed by atoms with Crippen molar-refractivity contribution in [3.8, 4) is 0 Å². The van der Waals surface area contributed by atoms with Gasteiger partial charge in [-0.1, -0.05) is 30.3 Å². The number of hydrogen-bond donors (Lipinski definition) is 1. The van der Waals surface area contributed by atoms with E-state index in [1.54, 1.807) is 24.5 Å². The molecule has 4 rings (SSSR count). The number of anilines is 1. The number of carbonyl (C=O) groups excluding carboxylic acids is 2. The van der Waals surface area contributed by atoms with Crippen molar-refractivity contribution in [2.75, 3.05) is 5.32 Å². The minimum atomic E-state index is -0.349. The van der Waals surface area contributed by atoms with E-state index in [0.717, 1.165) is 5.56 Å². The minimum Gasteiger partial charge on any atom is -0.305 e. The molecule has 1 N–H and O–H groups in total. The zero-order chi connectivity index (χ0) is 17.9. The first kappa shape index (κ1) is 15.9. The fourth-order valence-corrected chi connectivity index (χ4v) is 2.76. The Morgan fingerprint density at radius 3 is 2.77 bits per heavy atom. The Morgan fingerprint density at radius 1 is 1.08 bits per heavy atom. The summed E-state index contributed by atoms with van der Waals surface area (Å²) in [5, 5.41) is 12.5. The third-order valence-corrected chi connectivity index (χ3v) is 4.07. The van der Waals surface area contributed by atoms with Gasteiger partial charge in [0.2, 0.25) is 5.91 Å². The highest BCUT2D eigenvalue weighted by atomic mass is 16.2. The lowest BCUT2D eigenvalue weighted by molar-refractivity contribution is -0.132. The average molecular weight is 348 g/mol. The van der Waals surface area contributed by atoms with Crippen LogP contribution in [0.2, 0.25) is 0 Å². The van der Waals surface area contributed by atoms with Crippen LogP contribution in [0.25, 0.3) is 5.65 Å². The first-order valence-corrected chi connectivity index (χ1v) is 8.22. The normalized spacial score (nSPS) is 14.4. The lowest BCUT2D eigenvalue weighted by Crippen LogP contribution is -2.36. The Balaban J connectivity index is 1.54. The number of carbonyl (C=O) groups is 2. The van der Waals surface area contributed by atoms with Crippen LogP contribution >= 0.6 is 0 Å². The summed E-state index contributed by atoms with van der Waals surface area (Å²) in [5.74, 6) is 0.0570. The summed E-state index contributed by atoms with van der Waals surface area (Å²) in [4.78, 5) is 28.9. The van der Waals surface area contributed by atoms with E-state index in [4.69, 9.17) is 0 Å². The molecular formula is C18H16N6O2. The van der Waals surface area contributed by atoms with Crippen molar-refractivity contribution in [1.82, 2.24) is 19.6 Å². The Kier molecular flexibility index (Phi) is 4.14. The molecule has 3 aromatic rings. The van der Waals surface area contributed by atoms with E-state index in [9.17, 15) is 9.59 Å². The van der Waals surface area contributed by atoms with E-state index in [-0.39, 0.29) is 18.2 Å². The van der Waals surface area contributed by atoms with Gasteiger partial charge >= 0.3 is 0 Å². The number of nitrogens with one attached hydrogen (secondary N) is 1. The lowest BCUT2D eigenvalue weighted by atomic mass is 10.1. The molecule has 0 saturated carbocycles. The van der Waals surface area contributed by atoms with Gasteiger partial charge in [0.15, 0.2) is 5.65 Å². The summed E-state index contributed by atoms with van der Waals surface area (Å²) < 4.78 is 1.54. The molecule has 0 atom stereocenters. The largest absolute Gasteiger partial charge is 0.305 e. The van der Waals surface area contributed by atoms with Gasteiger partial charge in [0.05, 0.1) is 12.7 Å². The van der Waals surface area contributed by atoms with Gasteiger partial charge in [0.1, 0.15) is 11.5 Å². The second-order valence-corrected chi connectivity index (χ2v) is 5.87. The predicted molar refractivity (Wildman–Crippen MR) is 95.3 cm³/mol. The van der Waals surface area contributed by atoms with Crippen molar-refractivity contribution in [3.05, 3.63) is 60.4 Å². The van der Waals surface area contributed by atoms with Crippen LogP contribution in [0.4, 0.5) is 5.82 Å². The predicted octanol–water partition coefficient (Wildman–Crippen LogP) is 1.85. The summed E-state index contributed by atoms with van der Waals surface area (Å²) in [7, 11) is 0. The van der Waals surface area contributed by atoms with Gasteiger partial charge in [-0.25, -0.2) is 9.99 Å². The first-order chi connectivity index (χ1) is 12.7. The molecule has 0 fully saturated rings.